The Labute approximate surface area is 112 Å². The van der Waals surface area contributed by atoms with Crippen LogP contribution in [0.3, 0.4) is 0 Å². The molecule has 0 saturated carbocycles. The second kappa shape index (κ2) is 6.31. The van der Waals surface area contributed by atoms with E-state index in [1.807, 2.05) is 18.7 Å². The number of unbranched alkanes of at least 4 members (excludes halogenated alkanes) is 1. The third-order valence-corrected chi connectivity index (χ3v) is 4.83. The van der Waals surface area contributed by atoms with Crippen LogP contribution in [-0.4, -0.2) is 41.6 Å². The third-order valence-electron chi connectivity index (χ3n) is 3.34. The molecule has 102 valence electrons. The number of fused-ring (bicyclic) bond motifs is 1. The molecular weight excluding hydrogens is 250 g/mol. The van der Waals surface area contributed by atoms with Crippen molar-refractivity contribution < 1.29 is 9.53 Å². The van der Waals surface area contributed by atoms with Gasteiger partial charge in [0.05, 0.1) is 18.7 Å². The van der Waals surface area contributed by atoms with Crippen LogP contribution in [0.5, 0.6) is 0 Å². The maximum Gasteiger partial charge on any atom is 0.305 e. The van der Waals surface area contributed by atoms with Gasteiger partial charge in [-0.25, -0.2) is 4.99 Å². The van der Waals surface area contributed by atoms with Crippen molar-refractivity contribution in [2.45, 2.75) is 49.9 Å². The summed E-state index contributed by atoms with van der Waals surface area (Å²) in [5.41, 5.74) is 5.68. The Kier molecular flexibility index (Phi) is 4.74. The van der Waals surface area contributed by atoms with Crippen molar-refractivity contribution in [3.8, 4) is 0 Å². The molecule has 1 saturated heterocycles. The van der Waals surface area contributed by atoms with Gasteiger partial charge in [-0.2, -0.15) is 11.8 Å². The minimum Gasteiger partial charge on any atom is -0.466 e. The van der Waals surface area contributed by atoms with Crippen LogP contribution in [0.4, 0.5) is 0 Å². The maximum absolute atomic E-state index is 11.2. The van der Waals surface area contributed by atoms with Crippen LogP contribution < -0.4 is 11.1 Å². The number of hydrogen-bond donors (Lipinski definition) is 2. The lowest BCUT2D eigenvalue weighted by atomic mass is 10.0. The fourth-order valence-corrected chi connectivity index (χ4v) is 4.00. The zero-order valence-corrected chi connectivity index (χ0v) is 11.5. The smallest absolute Gasteiger partial charge is 0.305 e. The van der Waals surface area contributed by atoms with E-state index in [2.05, 4.69) is 10.3 Å². The molecule has 2 aliphatic heterocycles. The average molecular weight is 271 g/mol. The SMILES string of the molecule is CCOC(=O)CCCC[C@@H]1SC[C@@H]2N=C(N)NC21. The molecule has 0 aliphatic carbocycles. The molecule has 0 aromatic carbocycles. The van der Waals surface area contributed by atoms with Crippen molar-refractivity contribution in [1.29, 1.82) is 0 Å². The highest BCUT2D eigenvalue weighted by molar-refractivity contribution is 8.00. The number of nitrogens with zero attached hydrogens (tertiary/aromatic N) is 1. The van der Waals surface area contributed by atoms with Crippen LogP contribution in [0.1, 0.15) is 32.6 Å². The lowest BCUT2D eigenvalue weighted by Crippen LogP contribution is -2.41. The Balaban J connectivity index is 1.62. The van der Waals surface area contributed by atoms with Gasteiger partial charge in [-0.3, -0.25) is 4.79 Å². The summed E-state index contributed by atoms with van der Waals surface area (Å²) in [6, 6.07) is 0.752. The van der Waals surface area contributed by atoms with Gasteiger partial charge >= 0.3 is 5.97 Å². The highest BCUT2D eigenvalue weighted by Gasteiger charge is 2.39. The molecule has 3 N–H and O–H groups in total. The molecule has 5 nitrogen and oxygen atoms in total. The highest BCUT2D eigenvalue weighted by Crippen LogP contribution is 2.34. The Hall–Kier alpha value is -0.910. The summed E-state index contributed by atoms with van der Waals surface area (Å²) >= 11 is 1.96. The van der Waals surface area contributed by atoms with E-state index in [4.69, 9.17) is 10.5 Å². The van der Waals surface area contributed by atoms with Gasteiger partial charge in [0, 0.05) is 17.4 Å². The van der Waals surface area contributed by atoms with Gasteiger partial charge in [0.25, 0.3) is 0 Å². The van der Waals surface area contributed by atoms with Crippen LogP contribution in [0.2, 0.25) is 0 Å². The van der Waals surface area contributed by atoms with E-state index in [0.29, 0.717) is 36.3 Å². The maximum atomic E-state index is 11.2. The van der Waals surface area contributed by atoms with Gasteiger partial charge in [0.2, 0.25) is 0 Å². The molecule has 0 aromatic heterocycles. The van der Waals surface area contributed by atoms with E-state index in [1.54, 1.807) is 0 Å². The van der Waals surface area contributed by atoms with E-state index in [9.17, 15) is 4.79 Å². The van der Waals surface area contributed by atoms with Crippen LogP contribution in [0.25, 0.3) is 0 Å². The molecule has 0 amide bonds. The predicted octanol–water partition coefficient (Wildman–Crippen LogP) is 0.880. The van der Waals surface area contributed by atoms with Gasteiger partial charge in [-0.1, -0.05) is 6.42 Å². The fraction of sp³-hybridized carbons (Fsp3) is 0.833. The molecule has 0 spiro atoms. The quantitative estimate of drug-likeness (QED) is 0.554. The summed E-state index contributed by atoms with van der Waals surface area (Å²) in [5.74, 6) is 1.56. The molecular formula is C12H21N3O2S. The summed E-state index contributed by atoms with van der Waals surface area (Å²) in [6.07, 6.45) is 3.61. The number of nitrogens with one attached hydrogen (secondary N) is 1. The van der Waals surface area contributed by atoms with Crippen molar-refractivity contribution >= 4 is 23.7 Å². The molecule has 2 heterocycles. The monoisotopic (exact) mass is 271 g/mol. The van der Waals surface area contributed by atoms with Gasteiger partial charge < -0.3 is 15.8 Å². The van der Waals surface area contributed by atoms with E-state index in [0.717, 1.165) is 25.0 Å². The lowest BCUT2D eigenvalue weighted by molar-refractivity contribution is -0.143. The Morgan fingerprint density at radius 3 is 3.22 bits per heavy atom. The zero-order chi connectivity index (χ0) is 13.0. The fourth-order valence-electron chi connectivity index (χ4n) is 2.48. The van der Waals surface area contributed by atoms with Crippen LogP contribution in [-0.2, 0) is 9.53 Å². The first-order valence-corrected chi connectivity index (χ1v) is 7.62. The molecule has 2 rings (SSSR count). The van der Waals surface area contributed by atoms with Crippen LogP contribution in [0, 0.1) is 0 Å². The van der Waals surface area contributed by atoms with Crippen LogP contribution >= 0.6 is 11.8 Å². The largest absolute Gasteiger partial charge is 0.466 e. The lowest BCUT2D eigenvalue weighted by Gasteiger charge is -2.17. The number of esters is 1. The number of thioether (sulfide) groups is 1. The zero-order valence-electron chi connectivity index (χ0n) is 10.7. The minimum atomic E-state index is -0.0824. The van der Waals surface area contributed by atoms with Gasteiger partial charge in [0.15, 0.2) is 5.96 Å². The Bertz CT molecular complexity index is 335. The summed E-state index contributed by atoms with van der Waals surface area (Å²) in [4.78, 5) is 15.6. The molecule has 0 aromatic rings. The van der Waals surface area contributed by atoms with Crippen LogP contribution in [0.15, 0.2) is 4.99 Å². The first-order chi connectivity index (χ1) is 8.70. The molecule has 6 heteroatoms. The first-order valence-electron chi connectivity index (χ1n) is 6.57. The summed E-state index contributed by atoms with van der Waals surface area (Å²) < 4.78 is 4.91. The highest BCUT2D eigenvalue weighted by atomic mass is 32.2. The van der Waals surface area contributed by atoms with E-state index >= 15 is 0 Å². The first kappa shape index (κ1) is 13.5. The van der Waals surface area contributed by atoms with E-state index in [-0.39, 0.29) is 5.97 Å². The van der Waals surface area contributed by atoms with Gasteiger partial charge in [0.1, 0.15) is 0 Å². The van der Waals surface area contributed by atoms with Crippen molar-refractivity contribution in [3.05, 3.63) is 0 Å². The number of hydrogen-bond acceptors (Lipinski definition) is 6. The van der Waals surface area contributed by atoms with Crippen molar-refractivity contribution in [1.82, 2.24) is 5.32 Å². The van der Waals surface area contributed by atoms with Gasteiger partial charge in [-0.15, -0.1) is 0 Å². The molecule has 18 heavy (non-hydrogen) atoms. The number of aliphatic imine (C=N–C) groups is 1. The third kappa shape index (κ3) is 3.31. The number of nitrogens with two attached hydrogens (primary N) is 1. The Morgan fingerprint density at radius 1 is 1.61 bits per heavy atom. The number of guanidine groups is 1. The van der Waals surface area contributed by atoms with Gasteiger partial charge in [-0.05, 0) is 19.8 Å². The molecule has 0 radical (unpaired) electrons. The predicted molar refractivity (Wildman–Crippen MR) is 73.7 cm³/mol. The molecule has 1 fully saturated rings. The summed E-state index contributed by atoms with van der Waals surface area (Å²) in [5, 5.41) is 3.82. The molecule has 0 bridgehead atoms. The van der Waals surface area contributed by atoms with Crippen molar-refractivity contribution in [2.24, 2.45) is 10.7 Å². The standard InChI is InChI=1S/C12H21N3O2S/c1-2-17-10(16)6-4-3-5-9-11-8(7-18-9)14-12(13)15-11/h8-9,11H,2-7H2,1H3,(H3,13,14,15)/t8-,9-,11?/m0/s1. The molecule has 3 atom stereocenters. The minimum absolute atomic E-state index is 0.0824. The second-order valence-corrected chi connectivity index (χ2v) is 5.95. The number of ether oxygens (including phenoxy) is 1. The summed E-state index contributed by atoms with van der Waals surface area (Å²) in [6.45, 7) is 2.31. The number of carbonyl (C=O) groups excluding carboxylic acids is 1. The van der Waals surface area contributed by atoms with E-state index in [1.165, 1.54) is 0 Å². The average Bonchev–Trinajstić information content (AvgIpc) is 2.85. The number of carbonyl (C=O) groups is 1. The second-order valence-electron chi connectivity index (χ2n) is 4.67. The topological polar surface area (TPSA) is 76.7 Å². The Morgan fingerprint density at radius 2 is 2.44 bits per heavy atom. The van der Waals surface area contributed by atoms with Crippen molar-refractivity contribution in [3.63, 3.8) is 0 Å². The molecule has 1 unspecified atom stereocenters. The normalized spacial score (nSPS) is 29.6. The van der Waals surface area contributed by atoms with Crippen molar-refractivity contribution in [2.75, 3.05) is 12.4 Å². The van der Waals surface area contributed by atoms with E-state index < -0.39 is 0 Å². The summed E-state index contributed by atoms with van der Waals surface area (Å²) in [7, 11) is 0. The molecule has 2 aliphatic rings. The number of rotatable bonds is 6.